The van der Waals surface area contributed by atoms with Crippen molar-refractivity contribution in [3.05, 3.63) is 29.1 Å². The third-order valence-corrected chi connectivity index (χ3v) is 3.65. The number of nitrogens with one attached hydrogen (secondary N) is 3. The van der Waals surface area contributed by atoms with Crippen molar-refractivity contribution in [2.24, 2.45) is 0 Å². The topological polar surface area (TPSA) is 109 Å². The largest absolute Gasteiger partial charge is 0.422 e. The van der Waals surface area contributed by atoms with E-state index in [1.165, 1.54) is 12.3 Å². The minimum atomic E-state index is -2.47. The Kier molecular flexibility index (Phi) is 5.89. The second-order valence-corrected chi connectivity index (χ2v) is 5.48. The van der Waals surface area contributed by atoms with Gasteiger partial charge in [0.15, 0.2) is 0 Å². The molecule has 1 aliphatic rings. The van der Waals surface area contributed by atoms with Crippen molar-refractivity contribution in [1.29, 1.82) is 16.1 Å². The van der Waals surface area contributed by atoms with Crippen LogP contribution in [0.4, 0.5) is 8.78 Å². The number of halogens is 2. The maximum atomic E-state index is 12.7. The summed E-state index contributed by atoms with van der Waals surface area (Å²) < 4.78 is 30.6. The number of nitriles is 1. The Balaban J connectivity index is 1.91. The van der Waals surface area contributed by atoms with E-state index < -0.39 is 12.5 Å². The number of hydrogen-bond acceptors (Lipinski definition) is 7. The minimum Gasteiger partial charge on any atom is -0.422 e. The lowest BCUT2D eigenvalue weighted by Gasteiger charge is -2.32. The van der Waals surface area contributed by atoms with Gasteiger partial charge in [0, 0.05) is 25.8 Å². The lowest BCUT2D eigenvalue weighted by molar-refractivity contribution is 0.0604. The fourth-order valence-corrected chi connectivity index (χ4v) is 2.36. The summed E-state index contributed by atoms with van der Waals surface area (Å²) in [7, 11) is 0. The standard InChI is InChI=1S/C15H18F2N6O/c1-9-4-11(22-6-10(9)5-18)15(20)24-13(19)8-23-3-2-21-12(7-23)14(16)17/h4,6,12,14,19-21H,2-3,7-8H2,1H3. The Labute approximate surface area is 138 Å². The van der Waals surface area contributed by atoms with Crippen LogP contribution in [0, 0.1) is 29.1 Å². The maximum Gasteiger partial charge on any atom is 0.254 e. The van der Waals surface area contributed by atoms with Crippen LogP contribution in [-0.2, 0) is 4.74 Å². The van der Waals surface area contributed by atoms with Crippen LogP contribution in [0.5, 0.6) is 0 Å². The molecule has 0 radical (unpaired) electrons. The van der Waals surface area contributed by atoms with Gasteiger partial charge in [0.05, 0.1) is 18.2 Å². The van der Waals surface area contributed by atoms with Gasteiger partial charge in [-0.2, -0.15) is 5.26 Å². The van der Waals surface area contributed by atoms with Crippen molar-refractivity contribution < 1.29 is 13.5 Å². The van der Waals surface area contributed by atoms with Gasteiger partial charge in [-0.1, -0.05) is 0 Å². The van der Waals surface area contributed by atoms with Crippen molar-refractivity contribution in [1.82, 2.24) is 15.2 Å². The van der Waals surface area contributed by atoms with Crippen molar-refractivity contribution in [3.8, 4) is 6.07 Å². The highest BCUT2D eigenvalue weighted by Gasteiger charge is 2.27. The molecule has 2 heterocycles. The van der Waals surface area contributed by atoms with Gasteiger partial charge in [0.1, 0.15) is 11.8 Å². The first-order valence-electron chi connectivity index (χ1n) is 7.35. The number of aromatic nitrogens is 1. The molecule has 1 aromatic heterocycles. The monoisotopic (exact) mass is 336 g/mol. The summed E-state index contributed by atoms with van der Waals surface area (Å²) in [5, 5.41) is 27.3. The molecular weight excluding hydrogens is 318 g/mol. The zero-order valence-electron chi connectivity index (χ0n) is 13.1. The molecule has 1 unspecified atom stereocenters. The van der Waals surface area contributed by atoms with Gasteiger partial charge >= 0.3 is 0 Å². The number of nitrogens with zero attached hydrogens (tertiary/aromatic N) is 3. The van der Waals surface area contributed by atoms with E-state index in [1.807, 2.05) is 6.07 Å². The molecule has 0 aliphatic carbocycles. The van der Waals surface area contributed by atoms with Gasteiger partial charge in [-0.3, -0.25) is 15.7 Å². The van der Waals surface area contributed by atoms with E-state index in [1.54, 1.807) is 11.8 Å². The predicted molar refractivity (Wildman–Crippen MR) is 83.6 cm³/mol. The van der Waals surface area contributed by atoms with E-state index in [2.05, 4.69) is 10.3 Å². The molecule has 0 bridgehead atoms. The van der Waals surface area contributed by atoms with E-state index in [0.717, 1.165) is 0 Å². The SMILES string of the molecule is Cc1cc(C(=N)OC(=N)CN2CCNC(C(F)F)C2)ncc1C#N. The second-order valence-electron chi connectivity index (χ2n) is 5.48. The van der Waals surface area contributed by atoms with Gasteiger partial charge in [-0.15, -0.1) is 0 Å². The lowest BCUT2D eigenvalue weighted by Crippen LogP contribution is -2.54. The average Bonchev–Trinajstić information content (AvgIpc) is 2.54. The summed E-state index contributed by atoms with van der Waals surface area (Å²) in [6.07, 6.45) is -1.12. The van der Waals surface area contributed by atoms with Crippen molar-refractivity contribution in [3.63, 3.8) is 0 Å². The molecule has 1 aliphatic heterocycles. The van der Waals surface area contributed by atoms with Crippen molar-refractivity contribution >= 4 is 11.8 Å². The summed E-state index contributed by atoms with van der Waals surface area (Å²) in [5.41, 5.74) is 1.27. The summed E-state index contributed by atoms with van der Waals surface area (Å²) in [6.45, 7) is 2.81. The Morgan fingerprint density at radius 2 is 2.33 bits per heavy atom. The van der Waals surface area contributed by atoms with E-state index in [0.29, 0.717) is 24.2 Å². The first kappa shape index (κ1) is 17.9. The molecule has 0 spiro atoms. The van der Waals surface area contributed by atoms with Gasteiger partial charge in [0.2, 0.25) is 11.8 Å². The molecule has 1 fully saturated rings. The number of hydrogen-bond donors (Lipinski definition) is 3. The fraction of sp³-hybridized carbons (Fsp3) is 0.467. The molecule has 9 heteroatoms. The number of piperazine rings is 1. The molecule has 2 rings (SSSR count). The smallest absolute Gasteiger partial charge is 0.254 e. The first-order valence-corrected chi connectivity index (χ1v) is 7.35. The van der Waals surface area contributed by atoms with Crippen molar-refractivity contribution in [2.45, 2.75) is 19.4 Å². The van der Waals surface area contributed by atoms with Crippen molar-refractivity contribution in [2.75, 3.05) is 26.2 Å². The van der Waals surface area contributed by atoms with E-state index in [9.17, 15) is 8.78 Å². The Hall–Kier alpha value is -2.44. The van der Waals surface area contributed by atoms with Gasteiger partial charge in [-0.25, -0.2) is 13.8 Å². The van der Waals surface area contributed by atoms with Crippen LogP contribution < -0.4 is 5.32 Å². The molecule has 3 N–H and O–H groups in total. The second kappa shape index (κ2) is 7.90. The van der Waals surface area contributed by atoms with Crippen LogP contribution in [0.3, 0.4) is 0 Å². The molecule has 1 saturated heterocycles. The summed E-state index contributed by atoms with van der Waals surface area (Å²) >= 11 is 0. The normalized spacial score (nSPS) is 18.2. The minimum absolute atomic E-state index is 0.0442. The zero-order valence-corrected chi connectivity index (χ0v) is 13.1. The molecule has 24 heavy (non-hydrogen) atoms. The van der Waals surface area contributed by atoms with E-state index in [4.69, 9.17) is 20.8 Å². The molecule has 7 nitrogen and oxygen atoms in total. The summed E-state index contributed by atoms with van der Waals surface area (Å²) in [4.78, 5) is 5.63. The number of alkyl halides is 2. The van der Waals surface area contributed by atoms with E-state index in [-0.39, 0.29) is 30.6 Å². The fourth-order valence-electron chi connectivity index (χ4n) is 2.36. The number of rotatable bonds is 4. The summed E-state index contributed by atoms with van der Waals surface area (Å²) in [6, 6.07) is 2.59. The van der Waals surface area contributed by atoms with Gasteiger partial charge in [0.25, 0.3) is 6.43 Å². The Morgan fingerprint density at radius 3 is 2.96 bits per heavy atom. The van der Waals surface area contributed by atoms with Crippen LogP contribution in [0.25, 0.3) is 0 Å². The maximum absolute atomic E-state index is 12.7. The third kappa shape index (κ3) is 4.53. The predicted octanol–water partition coefficient (Wildman–Crippen LogP) is 1.12. The third-order valence-electron chi connectivity index (χ3n) is 3.65. The highest BCUT2D eigenvalue weighted by atomic mass is 19.3. The average molecular weight is 336 g/mol. The van der Waals surface area contributed by atoms with Crippen LogP contribution in [-0.4, -0.2) is 60.3 Å². The summed E-state index contributed by atoms with van der Waals surface area (Å²) in [5.74, 6) is -0.521. The molecular formula is C15H18F2N6O. The number of ether oxygens (including phenoxy) is 1. The molecule has 128 valence electrons. The first-order chi connectivity index (χ1) is 11.4. The van der Waals surface area contributed by atoms with Crippen LogP contribution in [0.2, 0.25) is 0 Å². The highest BCUT2D eigenvalue weighted by molar-refractivity contribution is 5.98. The lowest BCUT2D eigenvalue weighted by atomic mass is 10.1. The highest BCUT2D eigenvalue weighted by Crippen LogP contribution is 2.10. The number of pyridine rings is 1. The van der Waals surface area contributed by atoms with Crippen LogP contribution in [0.15, 0.2) is 12.3 Å². The van der Waals surface area contributed by atoms with Crippen LogP contribution in [0.1, 0.15) is 16.8 Å². The van der Waals surface area contributed by atoms with Gasteiger partial charge < -0.3 is 10.1 Å². The molecule has 0 amide bonds. The molecule has 1 atom stereocenters. The number of aryl methyl sites for hydroxylation is 1. The van der Waals surface area contributed by atoms with Crippen LogP contribution >= 0.6 is 0 Å². The Bertz CT molecular complexity index is 672. The molecule has 0 saturated carbocycles. The Morgan fingerprint density at radius 1 is 1.58 bits per heavy atom. The molecule has 1 aromatic rings. The quantitative estimate of drug-likeness (QED) is 0.564. The zero-order chi connectivity index (χ0) is 17.7. The van der Waals surface area contributed by atoms with Gasteiger partial charge in [-0.05, 0) is 18.6 Å². The molecule has 0 aromatic carbocycles. The van der Waals surface area contributed by atoms with E-state index >= 15 is 0 Å².